The number of hydrogen-bond acceptors (Lipinski definition) is 8. The van der Waals surface area contributed by atoms with E-state index < -0.39 is 26.2 Å². The van der Waals surface area contributed by atoms with Gasteiger partial charge in [-0.1, -0.05) is 28.8 Å². The molecule has 0 aromatic rings. The highest BCUT2D eigenvalue weighted by Crippen LogP contribution is 2.39. The summed E-state index contributed by atoms with van der Waals surface area (Å²) in [6.07, 6.45) is -0.0125. The molecule has 0 saturated heterocycles. The number of amides is 1. The number of esters is 2. The summed E-state index contributed by atoms with van der Waals surface area (Å²) in [7, 11) is 0.737. The van der Waals surface area contributed by atoms with Crippen LogP contribution in [0.1, 0.15) is 47.1 Å². The molecule has 0 saturated carbocycles. The summed E-state index contributed by atoms with van der Waals surface area (Å²) in [6.45, 7) is 5.22. The molecule has 0 aliphatic heterocycles. The molecule has 31 heavy (non-hydrogen) atoms. The minimum atomic E-state index is -0.704. The van der Waals surface area contributed by atoms with E-state index in [-0.39, 0.29) is 42.4 Å². The number of carbonyl (C=O) groups excluding carboxylic acids is 3. The van der Waals surface area contributed by atoms with Gasteiger partial charge in [0.15, 0.2) is 0 Å². The molecule has 9 nitrogen and oxygen atoms in total. The Morgan fingerprint density at radius 3 is 1.90 bits per heavy atom. The second-order valence-corrected chi connectivity index (χ2v) is 7.66. The molecule has 2 rings (SSSR count). The lowest BCUT2D eigenvalue weighted by Crippen LogP contribution is -2.30. The number of nitrogens with two attached hydrogens (primary N) is 1. The number of hydroxylamine groups is 2. The fourth-order valence-electron chi connectivity index (χ4n) is 3.03. The molecule has 0 spiro atoms. The fourth-order valence-corrected chi connectivity index (χ4v) is 3.24. The van der Waals surface area contributed by atoms with Crippen molar-refractivity contribution >= 4 is 32.0 Å². The highest BCUT2D eigenvalue weighted by Gasteiger charge is 2.30. The van der Waals surface area contributed by atoms with Crippen LogP contribution in [0.15, 0.2) is 24.3 Å². The largest absolute Gasteiger partial charge is 0.462 e. The van der Waals surface area contributed by atoms with Crippen molar-refractivity contribution in [2.45, 2.75) is 33.0 Å². The quantitative estimate of drug-likeness (QED) is 0.352. The third-order valence-electron chi connectivity index (χ3n) is 4.44. The van der Waals surface area contributed by atoms with Gasteiger partial charge < -0.3 is 15.2 Å². The molecule has 2 atom stereocenters. The molecule has 1 amide bonds. The van der Waals surface area contributed by atoms with Crippen molar-refractivity contribution in [1.82, 2.24) is 5.06 Å². The second-order valence-electron chi connectivity index (χ2n) is 6.61. The van der Waals surface area contributed by atoms with E-state index in [1.54, 1.807) is 45.0 Å². The molecular weight excluding hydrogens is 423 g/mol. The predicted molar refractivity (Wildman–Crippen MR) is 115 cm³/mol. The van der Waals surface area contributed by atoms with Crippen LogP contribution in [0.2, 0.25) is 0 Å². The van der Waals surface area contributed by atoms with Crippen molar-refractivity contribution in [1.29, 1.82) is 0 Å². The summed E-state index contributed by atoms with van der Waals surface area (Å²) in [5.41, 5.74) is 7.74. The van der Waals surface area contributed by atoms with Gasteiger partial charge in [-0.2, -0.15) is 0 Å². The van der Waals surface area contributed by atoms with Crippen LogP contribution in [-0.4, -0.2) is 49.0 Å². The van der Waals surface area contributed by atoms with Gasteiger partial charge in [0.05, 0.1) is 36.4 Å². The molecule has 0 bridgehead atoms. The molecule has 0 fully saturated rings. The minimum absolute atomic E-state index is 0.00343. The van der Waals surface area contributed by atoms with E-state index in [0.29, 0.717) is 16.7 Å². The summed E-state index contributed by atoms with van der Waals surface area (Å²) in [6, 6.07) is 6.55. The smallest absolute Gasteiger partial charge is 0.358 e. The lowest BCUT2D eigenvalue weighted by atomic mass is 10.1. The van der Waals surface area contributed by atoms with Crippen LogP contribution in [-0.2, 0) is 30.1 Å². The first-order chi connectivity index (χ1) is 14.7. The third-order valence-corrected chi connectivity index (χ3v) is 4.88. The van der Waals surface area contributed by atoms with E-state index in [2.05, 4.69) is 0 Å². The number of rotatable bonds is 9. The summed E-state index contributed by atoms with van der Waals surface area (Å²) in [5, 5.41) is 1.04. The van der Waals surface area contributed by atoms with Crippen LogP contribution in [0.25, 0.3) is 11.1 Å². The van der Waals surface area contributed by atoms with Crippen LogP contribution >= 0.6 is 8.46 Å². The van der Waals surface area contributed by atoms with E-state index in [0.717, 1.165) is 5.06 Å². The van der Waals surface area contributed by atoms with E-state index in [9.17, 15) is 18.9 Å². The van der Waals surface area contributed by atoms with Crippen molar-refractivity contribution in [3.05, 3.63) is 41.0 Å². The first kappa shape index (κ1) is 24.2. The summed E-state index contributed by atoms with van der Waals surface area (Å²) >= 11 is 0. The zero-order chi connectivity index (χ0) is 23.1. The number of likely N-dealkylation sites (N-methyl/N-ethyl adjacent to an activating group) is 1. The average Bonchev–Trinajstić information content (AvgIpc) is 2.86. The SMILES string of the molecule is CCOC(=O)c1c2ccc(CC(=O)N(C)OC(C)[PH+]=O)ccc-2c(C(=O)OCC)c1N. The molecule has 2 aliphatic carbocycles. The molecule has 0 aromatic carbocycles. The van der Waals surface area contributed by atoms with Gasteiger partial charge >= 0.3 is 20.4 Å². The van der Waals surface area contributed by atoms with Crippen molar-refractivity contribution in [2.75, 3.05) is 26.0 Å². The Bertz CT molecular complexity index is 907. The summed E-state index contributed by atoms with van der Waals surface area (Å²) in [5.74, 6) is -2.26. The Morgan fingerprint density at radius 2 is 1.48 bits per heavy atom. The summed E-state index contributed by atoms with van der Waals surface area (Å²) < 4.78 is 21.1. The topological polar surface area (TPSA) is 125 Å². The lowest BCUT2D eigenvalue weighted by Gasteiger charge is -2.15. The van der Waals surface area contributed by atoms with Crippen LogP contribution in [0.4, 0.5) is 5.69 Å². The highest BCUT2D eigenvalue weighted by molar-refractivity contribution is 7.24. The first-order valence-electron chi connectivity index (χ1n) is 9.74. The predicted octanol–water partition coefficient (Wildman–Crippen LogP) is 3.03. The number of fused-ring (bicyclic) bond motifs is 1. The van der Waals surface area contributed by atoms with Gasteiger partial charge in [-0.05, 0) is 30.5 Å². The number of nitrogens with zero attached hydrogens (tertiary/aromatic N) is 1. The molecule has 2 unspecified atom stereocenters. The van der Waals surface area contributed by atoms with E-state index in [1.807, 2.05) is 0 Å². The maximum atomic E-state index is 12.5. The molecule has 0 aromatic heterocycles. The zero-order valence-electron chi connectivity index (χ0n) is 17.9. The second kappa shape index (κ2) is 10.8. The number of nitrogen functional groups attached to an aromatic ring is 1. The minimum Gasteiger partial charge on any atom is -0.462 e. The Balaban J connectivity index is 2.48. The number of hydrogen-bond donors (Lipinski definition) is 1. The molecule has 10 heteroatoms. The molecule has 0 radical (unpaired) electrons. The maximum absolute atomic E-state index is 12.5. The van der Waals surface area contributed by atoms with Crippen LogP contribution in [0, 0.1) is 0 Å². The Kier molecular flexibility index (Phi) is 8.47. The Labute approximate surface area is 181 Å². The molecule has 2 N–H and O–H groups in total. The van der Waals surface area contributed by atoms with Gasteiger partial charge in [-0.3, -0.25) is 4.79 Å². The molecule has 0 heterocycles. The average molecular weight is 449 g/mol. The maximum Gasteiger partial charge on any atom is 0.358 e. The van der Waals surface area contributed by atoms with Crippen molar-refractivity contribution < 1.29 is 33.3 Å². The van der Waals surface area contributed by atoms with E-state index in [1.165, 1.54) is 7.05 Å². The lowest BCUT2D eigenvalue weighted by molar-refractivity contribution is -0.181. The zero-order valence-corrected chi connectivity index (χ0v) is 18.9. The highest BCUT2D eigenvalue weighted by atomic mass is 31.1. The van der Waals surface area contributed by atoms with Gasteiger partial charge in [0.1, 0.15) is 0 Å². The monoisotopic (exact) mass is 449 g/mol. The van der Waals surface area contributed by atoms with Crippen LogP contribution < -0.4 is 5.73 Å². The molecule has 166 valence electrons. The van der Waals surface area contributed by atoms with Crippen LogP contribution in [0.5, 0.6) is 0 Å². The summed E-state index contributed by atoms with van der Waals surface area (Å²) in [4.78, 5) is 42.6. The van der Waals surface area contributed by atoms with Gasteiger partial charge in [0.25, 0.3) is 5.85 Å². The van der Waals surface area contributed by atoms with Crippen molar-refractivity contribution in [3.8, 4) is 11.1 Å². The molecule has 2 aliphatic rings. The van der Waals surface area contributed by atoms with E-state index in [4.69, 9.17) is 20.0 Å². The Hall–Kier alpha value is -3.03. The van der Waals surface area contributed by atoms with Crippen molar-refractivity contribution in [3.63, 3.8) is 0 Å². The first-order valence-corrected chi connectivity index (χ1v) is 10.7. The van der Waals surface area contributed by atoms with Gasteiger partial charge in [-0.25, -0.2) is 19.5 Å². The number of ether oxygens (including phenoxy) is 2. The standard InChI is InChI=1S/C21H25N2O7P/c1-5-28-20(25)17-14-9-7-13(11-16(24)23(4)30-12(3)31-27)8-10-15(14)18(19(17)22)21(26)29-6-2/h7-10,12H,5-6,11,22H2,1-4H3/p+1. The number of carbonyl (C=O) groups is 3. The van der Waals surface area contributed by atoms with Gasteiger partial charge in [0.2, 0.25) is 5.91 Å². The normalized spacial score (nSPS) is 11.9. The third kappa shape index (κ3) is 5.57. The number of anilines is 1. The van der Waals surface area contributed by atoms with Crippen LogP contribution in [0.3, 0.4) is 0 Å². The van der Waals surface area contributed by atoms with Gasteiger partial charge in [-0.15, -0.1) is 0 Å². The molecular formula is C21H26N2O7P+. The van der Waals surface area contributed by atoms with E-state index >= 15 is 0 Å². The Morgan fingerprint density at radius 1 is 1.00 bits per heavy atom. The fraction of sp³-hybridized carbons (Fsp3) is 0.381. The van der Waals surface area contributed by atoms with Crippen molar-refractivity contribution in [2.24, 2.45) is 0 Å². The van der Waals surface area contributed by atoms with Gasteiger partial charge in [0, 0.05) is 14.0 Å².